The standard InChI is InChI=1S/C17H16BrNO5S2/c18-12-1-3-13(4-2-12)24-14-5-7-15(8-6-14)26(22,23)19-9-10-25-11-16(19)17(20)21/h1-8,16H,9-11H2,(H,20,21). The van der Waals surface area contributed by atoms with Crippen molar-refractivity contribution in [2.45, 2.75) is 10.9 Å². The van der Waals surface area contributed by atoms with E-state index in [1.165, 1.54) is 23.9 Å². The van der Waals surface area contributed by atoms with Gasteiger partial charge in [-0.2, -0.15) is 16.1 Å². The molecule has 1 aliphatic heterocycles. The number of hydrogen-bond donors (Lipinski definition) is 1. The molecule has 0 radical (unpaired) electrons. The molecular weight excluding hydrogens is 442 g/mol. The Morgan fingerprint density at radius 1 is 1.12 bits per heavy atom. The van der Waals surface area contributed by atoms with Crippen LogP contribution in [0.4, 0.5) is 0 Å². The van der Waals surface area contributed by atoms with Gasteiger partial charge in [-0.1, -0.05) is 15.9 Å². The van der Waals surface area contributed by atoms with Crippen LogP contribution in [0.5, 0.6) is 11.5 Å². The molecular formula is C17H16BrNO5S2. The minimum atomic E-state index is -3.87. The first-order valence-electron chi connectivity index (χ1n) is 7.74. The summed E-state index contributed by atoms with van der Waals surface area (Å²) in [6.45, 7) is 0.182. The zero-order valence-corrected chi connectivity index (χ0v) is 16.8. The highest BCUT2D eigenvalue weighted by atomic mass is 79.9. The van der Waals surface area contributed by atoms with Crippen LogP contribution < -0.4 is 4.74 Å². The molecule has 0 bridgehead atoms. The van der Waals surface area contributed by atoms with Crippen LogP contribution in [0.25, 0.3) is 0 Å². The fourth-order valence-corrected chi connectivity index (χ4v) is 5.62. The predicted molar refractivity (Wildman–Crippen MR) is 103 cm³/mol. The van der Waals surface area contributed by atoms with Gasteiger partial charge in [-0.25, -0.2) is 8.42 Å². The molecule has 1 fully saturated rings. The third-order valence-corrected chi connectivity index (χ3v) is 7.32. The van der Waals surface area contributed by atoms with Gasteiger partial charge in [-0.3, -0.25) is 4.79 Å². The van der Waals surface area contributed by atoms with Crippen LogP contribution in [0, 0.1) is 0 Å². The normalized spacial score (nSPS) is 18.4. The highest BCUT2D eigenvalue weighted by Gasteiger charge is 2.37. The molecule has 138 valence electrons. The van der Waals surface area contributed by atoms with E-state index in [-0.39, 0.29) is 17.2 Å². The van der Waals surface area contributed by atoms with Crippen LogP contribution in [0.2, 0.25) is 0 Å². The third-order valence-electron chi connectivity index (χ3n) is 3.84. The molecule has 2 aromatic carbocycles. The number of rotatable bonds is 5. The molecule has 0 spiro atoms. The Hall–Kier alpha value is -1.55. The molecule has 1 saturated heterocycles. The van der Waals surface area contributed by atoms with E-state index in [1.54, 1.807) is 24.3 Å². The first kappa shape index (κ1) is 19.2. The van der Waals surface area contributed by atoms with Crippen molar-refractivity contribution < 1.29 is 23.1 Å². The van der Waals surface area contributed by atoms with Crippen molar-refractivity contribution in [3.05, 3.63) is 53.0 Å². The van der Waals surface area contributed by atoms with E-state index in [0.29, 0.717) is 17.3 Å². The van der Waals surface area contributed by atoms with Crippen molar-refractivity contribution in [1.29, 1.82) is 0 Å². The van der Waals surface area contributed by atoms with E-state index in [4.69, 9.17) is 4.74 Å². The molecule has 1 aliphatic rings. The number of aliphatic carboxylic acids is 1. The van der Waals surface area contributed by atoms with Gasteiger partial charge in [-0.05, 0) is 48.5 Å². The second-order valence-corrected chi connectivity index (χ2v) is 9.53. The maximum Gasteiger partial charge on any atom is 0.322 e. The highest BCUT2D eigenvalue weighted by molar-refractivity contribution is 9.10. The summed E-state index contributed by atoms with van der Waals surface area (Å²) < 4.78 is 33.3. The molecule has 0 aliphatic carbocycles. The maximum absolute atomic E-state index is 12.8. The minimum Gasteiger partial charge on any atom is -0.480 e. The smallest absolute Gasteiger partial charge is 0.322 e. The minimum absolute atomic E-state index is 0.0545. The van der Waals surface area contributed by atoms with Gasteiger partial charge in [0.1, 0.15) is 17.5 Å². The zero-order valence-electron chi connectivity index (χ0n) is 13.5. The Morgan fingerprint density at radius 2 is 1.69 bits per heavy atom. The summed E-state index contributed by atoms with van der Waals surface area (Å²) >= 11 is 4.79. The monoisotopic (exact) mass is 457 g/mol. The number of thioether (sulfide) groups is 1. The van der Waals surface area contributed by atoms with Crippen LogP contribution in [0.15, 0.2) is 57.9 Å². The summed E-state index contributed by atoms with van der Waals surface area (Å²) in [4.78, 5) is 11.4. The largest absolute Gasteiger partial charge is 0.480 e. The molecule has 0 saturated carbocycles. The van der Waals surface area contributed by atoms with Gasteiger partial charge in [0.25, 0.3) is 0 Å². The molecule has 1 atom stereocenters. The molecule has 26 heavy (non-hydrogen) atoms. The summed E-state index contributed by atoms with van der Waals surface area (Å²) in [5, 5.41) is 9.30. The second kappa shape index (κ2) is 7.99. The number of sulfonamides is 1. The van der Waals surface area contributed by atoms with E-state index in [2.05, 4.69) is 15.9 Å². The molecule has 3 rings (SSSR count). The van der Waals surface area contributed by atoms with Gasteiger partial charge in [0.05, 0.1) is 4.90 Å². The number of ether oxygens (including phenoxy) is 1. The van der Waals surface area contributed by atoms with Crippen molar-refractivity contribution in [2.24, 2.45) is 0 Å². The van der Waals surface area contributed by atoms with Crippen LogP contribution >= 0.6 is 27.7 Å². The number of halogens is 1. The topological polar surface area (TPSA) is 83.9 Å². The number of nitrogens with zero attached hydrogens (tertiary/aromatic N) is 1. The molecule has 1 unspecified atom stereocenters. The molecule has 6 nitrogen and oxygen atoms in total. The fourth-order valence-electron chi connectivity index (χ4n) is 2.52. The molecule has 0 amide bonds. The van der Waals surface area contributed by atoms with Crippen molar-refractivity contribution in [3.63, 3.8) is 0 Å². The number of benzene rings is 2. The molecule has 1 N–H and O–H groups in total. The average Bonchev–Trinajstić information content (AvgIpc) is 2.64. The van der Waals surface area contributed by atoms with Gasteiger partial charge in [0.15, 0.2) is 0 Å². The van der Waals surface area contributed by atoms with Crippen molar-refractivity contribution >= 4 is 43.7 Å². The van der Waals surface area contributed by atoms with E-state index in [9.17, 15) is 18.3 Å². The fraction of sp³-hybridized carbons (Fsp3) is 0.235. The highest BCUT2D eigenvalue weighted by Crippen LogP contribution is 2.28. The van der Waals surface area contributed by atoms with E-state index in [0.717, 1.165) is 8.78 Å². The number of carboxylic acid groups (broad SMARTS) is 1. The quantitative estimate of drug-likeness (QED) is 0.739. The Labute approximate surface area is 164 Å². The van der Waals surface area contributed by atoms with Gasteiger partial charge in [0, 0.05) is 22.5 Å². The first-order chi connectivity index (χ1) is 12.4. The zero-order chi connectivity index (χ0) is 18.7. The van der Waals surface area contributed by atoms with Gasteiger partial charge >= 0.3 is 5.97 Å². The molecule has 9 heteroatoms. The van der Waals surface area contributed by atoms with Crippen LogP contribution in [-0.4, -0.2) is 47.9 Å². The van der Waals surface area contributed by atoms with E-state index >= 15 is 0 Å². The average molecular weight is 458 g/mol. The number of carboxylic acids is 1. The number of carbonyl (C=O) groups is 1. The Balaban J connectivity index is 1.80. The lowest BCUT2D eigenvalue weighted by atomic mass is 10.3. The lowest BCUT2D eigenvalue weighted by Crippen LogP contribution is -2.50. The van der Waals surface area contributed by atoms with E-state index < -0.39 is 22.0 Å². The van der Waals surface area contributed by atoms with Gasteiger partial charge in [-0.15, -0.1) is 0 Å². The summed E-state index contributed by atoms with van der Waals surface area (Å²) in [6, 6.07) is 12.2. The van der Waals surface area contributed by atoms with Crippen LogP contribution in [0.1, 0.15) is 0 Å². The Bertz CT molecular complexity index is 884. The molecule has 0 aromatic heterocycles. The number of hydrogen-bond acceptors (Lipinski definition) is 5. The van der Waals surface area contributed by atoms with Gasteiger partial charge in [0.2, 0.25) is 10.0 Å². The summed E-state index contributed by atoms with van der Waals surface area (Å²) in [5.74, 6) is 0.821. The SMILES string of the molecule is O=C(O)C1CSCCN1S(=O)(=O)c1ccc(Oc2ccc(Br)cc2)cc1. The molecule has 1 heterocycles. The lowest BCUT2D eigenvalue weighted by Gasteiger charge is -2.31. The van der Waals surface area contributed by atoms with Gasteiger partial charge < -0.3 is 9.84 Å². The van der Waals surface area contributed by atoms with E-state index in [1.807, 2.05) is 12.1 Å². The van der Waals surface area contributed by atoms with Crippen LogP contribution in [-0.2, 0) is 14.8 Å². The third kappa shape index (κ3) is 4.22. The first-order valence-corrected chi connectivity index (χ1v) is 11.1. The second-order valence-electron chi connectivity index (χ2n) is 5.57. The molecule has 2 aromatic rings. The summed E-state index contributed by atoms with van der Waals surface area (Å²) in [7, 11) is -3.87. The van der Waals surface area contributed by atoms with Crippen molar-refractivity contribution in [1.82, 2.24) is 4.31 Å². The summed E-state index contributed by atoms with van der Waals surface area (Å²) in [5.41, 5.74) is 0. The van der Waals surface area contributed by atoms with Crippen LogP contribution in [0.3, 0.4) is 0 Å². The lowest BCUT2D eigenvalue weighted by molar-refractivity contribution is -0.140. The van der Waals surface area contributed by atoms with Crippen molar-refractivity contribution in [2.75, 3.05) is 18.1 Å². The Morgan fingerprint density at radius 3 is 2.27 bits per heavy atom. The maximum atomic E-state index is 12.8. The van der Waals surface area contributed by atoms with Crippen molar-refractivity contribution in [3.8, 4) is 11.5 Å². The predicted octanol–water partition coefficient (Wildman–Crippen LogP) is 3.43. The summed E-state index contributed by atoms with van der Waals surface area (Å²) in [6.07, 6.45) is 0. The Kier molecular flexibility index (Phi) is 5.91.